The number of nitrogens with one attached hydrogen (secondary N) is 1. The Labute approximate surface area is 106 Å². The van der Waals surface area contributed by atoms with Gasteiger partial charge in [0.15, 0.2) is 0 Å². The van der Waals surface area contributed by atoms with Gasteiger partial charge in [0.1, 0.15) is 0 Å². The van der Waals surface area contributed by atoms with E-state index in [1.165, 1.54) is 22.3 Å². The van der Waals surface area contributed by atoms with E-state index >= 15 is 0 Å². The summed E-state index contributed by atoms with van der Waals surface area (Å²) in [4.78, 5) is 0. The Morgan fingerprint density at radius 2 is 1.82 bits per heavy atom. The van der Waals surface area contributed by atoms with Crippen molar-refractivity contribution in [2.45, 2.75) is 46.6 Å². The number of terminal acetylenes is 1. The minimum atomic E-state index is 0.397. The zero-order chi connectivity index (χ0) is 12.8. The van der Waals surface area contributed by atoms with Gasteiger partial charge in [0.25, 0.3) is 0 Å². The summed E-state index contributed by atoms with van der Waals surface area (Å²) in [5.41, 5.74) is 5.51. The van der Waals surface area contributed by atoms with E-state index in [0.717, 1.165) is 19.4 Å². The van der Waals surface area contributed by atoms with Crippen molar-refractivity contribution >= 4 is 0 Å². The molecule has 0 heterocycles. The van der Waals surface area contributed by atoms with Gasteiger partial charge >= 0.3 is 0 Å². The first kappa shape index (κ1) is 13.8. The number of hydrogen-bond donors (Lipinski definition) is 1. The Hall–Kier alpha value is -1.26. The SMILES string of the molecule is C#CCCCNC(C)c1c(C)cc(C)cc1C. The van der Waals surface area contributed by atoms with Crippen LogP contribution in [-0.4, -0.2) is 6.54 Å². The number of benzene rings is 1. The van der Waals surface area contributed by atoms with Crippen LogP contribution >= 0.6 is 0 Å². The minimum Gasteiger partial charge on any atom is -0.310 e. The zero-order valence-electron chi connectivity index (χ0n) is 11.4. The van der Waals surface area contributed by atoms with Gasteiger partial charge in [0.2, 0.25) is 0 Å². The Balaban J connectivity index is 2.69. The van der Waals surface area contributed by atoms with Crippen LogP contribution < -0.4 is 5.32 Å². The van der Waals surface area contributed by atoms with Gasteiger partial charge in [-0.2, -0.15) is 0 Å². The minimum absolute atomic E-state index is 0.397. The molecule has 0 saturated heterocycles. The van der Waals surface area contributed by atoms with E-state index in [0.29, 0.717) is 6.04 Å². The van der Waals surface area contributed by atoms with Crippen LogP contribution in [0.1, 0.15) is 48.1 Å². The van der Waals surface area contributed by atoms with E-state index in [-0.39, 0.29) is 0 Å². The zero-order valence-corrected chi connectivity index (χ0v) is 11.4. The summed E-state index contributed by atoms with van der Waals surface area (Å²) in [7, 11) is 0. The molecule has 0 aromatic heterocycles. The normalized spacial score (nSPS) is 12.2. The molecule has 17 heavy (non-hydrogen) atoms. The highest BCUT2D eigenvalue weighted by molar-refractivity contribution is 5.39. The van der Waals surface area contributed by atoms with Gasteiger partial charge in [-0.3, -0.25) is 0 Å². The molecule has 1 rings (SSSR count). The van der Waals surface area contributed by atoms with E-state index in [4.69, 9.17) is 6.42 Å². The van der Waals surface area contributed by atoms with Crippen molar-refractivity contribution in [2.75, 3.05) is 6.54 Å². The maximum Gasteiger partial charge on any atom is 0.0297 e. The topological polar surface area (TPSA) is 12.0 Å². The predicted octanol–water partition coefficient (Wildman–Crippen LogP) is 3.68. The number of aryl methyl sites for hydroxylation is 3. The van der Waals surface area contributed by atoms with Crippen molar-refractivity contribution in [3.8, 4) is 12.3 Å². The Morgan fingerprint density at radius 1 is 1.24 bits per heavy atom. The third-order valence-corrected chi connectivity index (χ3v) is 3.12. The average Bonchev–Trinajstić information content (AvgIpc) is 2.23. The van der Waals surface area contributed by atoms with Gasteiger partial charge in [0.05, 0.1) is 0 Å². The molecule has 0 saturated carbocycles. The fraction of sp³-hybridized carbons (Fsp3) is 0.500. The first-order valence-electron chi connectivity index (χ1n) is 6.31. The van der Waals surface area contributed by atoms with Crippen molar-refractivity contribution in [1.29, 1.82) is 0 Å². The second kappa shape index (κ2) is 6.47. The Kier molecular flexibility index (Phi) is 5.25. The van der Waals surface area contributed by atoms with Gasteiger partial charge in [-0.05, 0) is 57.4 Å². The van der Waals surface area contributed by atoms with Crippen LogP contribution in [0.5, 0.6) is 0 Å². The molecular weight excluding hydrogens is 206 g/mol. The summed E-state index contributed by atoms with van der Waals surface area (Å²) in [6.45, 7) is 9.73. The van der Waals surface area contributed by atoms with Crippen molar-refractivity contribution in [2.24, 2.45) is 0 Å². The summed E-state index contributed by atoms with van der Waals surface area (Å²) in [5.74, 6) is 2.67. The first-order chi connectivity index (χ1) is 8.06. The molecule has 1 nitrogen and oxygen atoms in total. The number of hydrogen-bond acceptors (Lipinski definition) is 1. The summed E-state index contributed by atoms with van der Waals surface area (Å²) in [6, 6.07) is 4.90. The van der Waals surface area contributed by atoms with Crippen LogP contribution in [0.3, 0.4) is 0 Å². The maximum absolute atomic E-state index is 5.24. The summed E-state index contributed by atoms with van der Waals surface area (Å²) in [5, 5.41) is 3.54. The lowest BCUT2D eigenvalue weighted by atomic mass is 9.95. The molecule has 0 spiro atoms. The molecule has 92 valence electrons. The van der Waals surface area contributed by atoms with Crippen molar-refractivity contribution in [3.63, 3.8) is 0 Å². The fourth-order valence-corrected chi connectivity index (χ4v) is 2.49. The van der Waals surface area contributed by atoms with Gasteiger partial charge in [-0.25, -0.2) is 0 Å². The van der Waals surface area contributed by atoms with E-state index in [9.17, 15) is 0 Å². The molecule has 1 atom stereocenters. The monoisotopic (exact) mass is 229 g/mol. The van der Waals surface area contributed by atoms with E-state index < -0.39 is 0 Å². The summed E-state index contributed by atoms with van der Waals surface area (Å²) < 4.78 is 0. The smallest absolute Gasteiger partial charge is 0.0297 e. The highest BCUT2D eigenvalue weighted by Crippen LogP contribution is 2.23. The molecule has 0 aliphatic heterocycles. The lowest BCUT2D eigenvalue weighted by molar-refractivity contribution is 0.558. The average molecular weight is 229 g/mol. The molecule has 1 aromatic rings. The van der Waals surface area contributed by atoms with E-state index in [1.807, 2.05) is 0 Å². The molecule has 0 radical (unpaired) electrons. The van der Waals surface area contributed by atoms with Crippen molar-refractivity contribution < 1.29 is 0 Å². The Bertz CT molecular complexity index is 389. The molecule has 0 fully saturated rings. The lowest BCUT2D eigenvalue weighted by Crippen LogP contribution is -2.21. The fourth-order valence-electron chi connectivity index (χ4n) is 2.49. The van der Waals surface area contributed by atoms with Crippen molar-refractivity contribution in [1.82, 2.24) is 5.32 Å². The van der Waals surface area contributed by atoms with Crippen molar-refractivity contribution in [3.05, 3.63) is 34.4 Å². The van der Waals surface area contributed by atoms with E-state index in [1.54, 1.807) is 0 Å². The Morgan fingerprint density at radius 3 is 2.35 bits per heavy atom. The van der Waals surface area contributed by atoms with Gasteiger partial charge < -0.3 is 5.32 Å². The predicted molar refractivity (Wildman–Crippen MR) is 75.1 cm³/mol. The number of unbranched alkanes of at least 4 members (excludes halogenated alkanes) is 1. The quantitative estimate of drug-likeness (QED) is 0.600. The molecule has 0 amide bonds. The highest BCUT2D eigenvalue weighted by Gasteiger charge is 2.10. The standard InChI is InChI=1S/C16H23N/c1-6-7-8-9-17-15(5)16-13(3)10-12(2)11-14(16)4/h1,10-11,15,17H,7-9H2,2-5H3. The van der Waals surface area contributed by atoms with Crippen LogP contribution in [0, 0.1) is 33.1 Å². The maximum atomic E-state index is 5.24. The molecule has 1 unspecified atom stereocenters. The summed E-state index contributed by atoms with van der Waals surface area (Å²) >= 11 is 0. The first-order valence-corrected chi connectivity index (χ1v) is 6.31. The molecule has 0 aliphatic rings. The van der Waals surface area contributed by atoms with Crippen LogP contribution in [0.15, 0.2) is 12.1 Å². The third-order valence-electron chi connectivity index (χ3n) is 3.12. The van der Waals surface area contributed by atoms with Crippen LogP contribution in [0.4, 0.5) is 0 Å². The van der Waals surface area contributed by atoms with Gasteiger partial charge in [-0.15, -0.1) is 12.3 Å². The van der Waals surface area contributed by atoms with Crippen LogP contribution in [0.2, 0.25) is 0 Å². The van der Waals surface area contributed by atoms with Crippen LogP contribution in [0.25, 0.3) is 0 Å². The molecule has 0 aliphatic carbocycles. The molecular formula is C16H23N. The third kappa shape index (κ3) is 3.91. The molecule has 1 heteroatoms. The van der Waals surface area contributed by atoms with Gasteiger partial charge in [0, 0.05) is 12.5 Å². The van der Waals surface area contributed by atoms with E-state index in [2.05, 4.69) is 51.1 Å². The second-order valence-electron chi connectivity index (χ2n) is 4.80. The number of rotatable bonds is 5. The van der Waals surface area contributed by atoms with Crippen LogP contribution in [-0.2, 0) is 0 Å². The largest absolute Gasteiger partial charge is 0.310 e. The molecule has 1 N–H and O–H groups in total. The molecule has 1 aromatic carbocycles. The highest BCUT2D eigenvalue weighted by atomic mass is 14.9. The molecule has 0 bridgehead atoms. The lowest BCUT2D eigenvalue weighted by Gasteiger charge is -2.19. The summed E-state index contributed by atoms with van der Waals surface area (Å²) in [6.07, 6.45) is 7.14. The van der Waals surface area contributed by atoms with Gasteiger partial charge in [-0.1, -0.05) is 17.7 Å². The second-order valence-corrected chi connectivity index (χ2v) is 4.80.